The summed E-state index contributed by atoms with van der Waals surface area (Å²) in [5, 5.41) is 15.0. The molecule has 2 aromatic heterocycles. The lowest BCUT2D eigenvalue weighted by Gasteiger charge is -2.01. The summed E-state index contributed by atoms with van der Waals surface area (Å²) in [6, 6.07) is 10.2. The first kappa shape index (κ1) is 13.1. The first-order valence-electron chi connectivity index (χ1n) is 6.75. The minimum atomic E-state index is 0.920. The molecular formula is C15H16N4S. The molecule has 20 heavy (non-hydrogen) atoms. The lowest BCUT2D eigenvalue weighted by Crippen LogP contribution is -2.15. The van der Waals surface area contributed by atoms with Crippen LogP contribution < -0.4 is 5.32 Å². The zero-order valence-electron chi connectivity index (χ0n) is 11.3. The van der Waals surface area contributed by atoms with Crippen LogP contribution in [0.1, 0.15) is 11.9 Å². The second-order valence-electron chi connectivity index (χ2n) is 4.49. The van der Waals surface area contributed by atoms with Crippen molar-refractivity contribution in [3.8, 4) is 10.6 Å². The van der Waals surface area contributed by atoms with E-state index in [1.165, 1.54) is 0 Å². The Kier molecular flexibility index (Phi) is 3.99. The van der Waals surface area contributed by atoms with Crippen LogP contribution in [0, 0.1) is 0 Å². The van der Waals surface area contributed by atoms with Crippen molar-refractivity contribution in [1.82, 2.24) is 20.5 Å². The van der Waals surface area contributed by atoms with Gasteiger partial charge in [0.25, 0.3) is 0 Å². The molecule has 102 valence electrons. The smallest absolute Gasteiger partial charge is 0.150 e. The van der Waals surface area contributed by atoms with Gasteiger partial charge in [-0.3, -0.25) is 4.98 Å². The van der Waals surface area contributed by atoms with Gasteiger partial charge in [-0.15, -0.1) is 10.2 Å². The van der Waals surface area contributed by atoms with Crippen molar-refractivity contribution >= 4 is 22.2 Å². The van der Waals surface area contributed by atoms with Crippen LogP contribution in [-0.2, 0) is 6.42 Å². The lowest BCUT2D eigenvalue weighted by atomic mass is 10.1. The van der Waals surface area contributed by atoms with Crippen molar-refractivity contribution in [3.63, 3.8) is 0 Å². The predicted molar refractivity (Wildman–Crippen MR) is 82.9 cm³/mol. The molecule has 1 N–H and O–H groups in total. The number of aromatic nitrogens is 3. The number of rotatable bonds is 5. The van der Waals surface area contributed by atoms with E-state index in [-0.39, 0.29) is 0 Å². The summed E-state index contributed by atoms with van der Waals surface area (Å²) in [4.78, 5) is 4.47. The number of pyridine rings is 1. The number of hydrogen-bond donors (Lipinski definition) is 1. The highest BCUT2D eigenvalue weighted by Gasteiger charge is 2.10. The molecule has 0 saturated heterocycles. The molecule has 0 spiro atoms. The van der Waals surface area contributed by atoms with Crippen molar-refractivity contribution in [2.24, 2.45) is 0 Å². The summed E-state index contributed by atoms with van der Waals surface area (Å²) in [5.41, 5.74) is 2.06. The van der Waals surface area contributed by atoms with E-state index in [4.69, 9.17) is 0 Å². The number of benzene rings is 1. The van der Waals surface area contributed by atoms with E-state index in [0.717, 1.165) is 46.0 Å². The molecule has 0 saturated carbocycles. The summed E-state index contributed by atoms with van der Waals surface area (Å²) >= 11 is 1.65. The molecule has 0 radical (unpaired) electrons. The molecule has 0 aliphatic heterocycles. The fourth-order valence-corrected chi connectivity index (χ4v) is 2.98. The molecule has 4 nitrogen and oxygen atoms in total. The van der Waals surface area contributed by atoms with E-state index in [0.29, 0.717) is 0 Å². The topological polar surface area (TPSA) is 50.7 Å². The van der Waals surface area contributed by atoms with E-state index in [9.17, 15) is 0 Å². The number of likely N-dealkylation sites (N-methyl/N-ethyl adjacent to an activating group) is 1. The maximum atomic E-state index is 4.47. The Bertz CT molecular complexity index is 702. The van der Waals surface area contributed by atoms with Crippen LogP contribution in [0.3, 0.4) is 0 Å². The maximum absolute atomic E-state index is 4.47. The van der Waals surface area contributed by atoms with Crippen molar-refractivity contribution in [2.75, 3.05) is 13.1 Å². The molecule has 0 bridgehead atoms. The van der Waals surface area contributed by atoms with Crippen molar-refractivity contribution in [1.29, 1.82) is 0 Å². The van der Waals surface area contributed by atoms with Crippen LogP contribution in [0.2, 0.25) is 0 Å². The summed E-state index contributed by atoms with van der Waals surface area (Å²) in [6.45, 7) is 4.03. The molecule has 0 amide bonds. The maximum Gasteiger partial charge on any atom is 0.150 e. The molecule has 0 unspecified atom stereocenters. The normalized spacial score (nSPS) is 11.1. The molecule has 0 atom stereocenters. The van der Waals surface area contributed by atoms with Crippen molar-refractivity contribution < 1.29 is 0 Å². The van der Waals surface area contributed by atoms with Gasteiger partial charge in [-0.2, -0.15) is 0 Å². The van der Waals surface area contributed by atoms with Crippen LogP contribution in [0.5, 0.6) is 0 Å². The van der Waals surface area contributed by atoms with E-state index >= 15 is 0 Å². The highest BCUT2D eigenvalue weighted by molar-refractivity contribution is 7.14. The number of para-hydroxylation sites is 1. The quantitative estimate of drug-likeness (QED) is 0.732. The third-order valence-corrected chi connectivity index (χ3v) is 4.11. The monoisotopic (exact) mass is 284 g/mol. The van der Waals surface area contributed by atoms with Crippen molar-refractivity contribution in [2.45, 2.75) is 13.3 Å². The van der Waals surface area contributed by atoms with E-state index in [1.54, 1.807) is 11.3 Å². The minimum Gasteiger partial charge on any atom is -0.317 e. The second kappa shape index (κ2) is 6.07. The fraction of sp³-hybridized carbons (Fsp3) is 0.267. The Labute approximate surface area is 121 Å². The molecule has 3 aromatic rings. The summed E-state index contributed by atoms with van der Waals surface area (Å²) in [6.07, 6.45) is 2.74. The van der Waals surface area contributed by atoms with Gasteiger partial charge < -0.3 is 5.32 Å². The fourth-order valence-electron chi connectivity index (χ4n) is 2.11. The van der Waals surface area contributed by atoms with Gasteiger partial charge in [0.1, 0.15) is 10.0 Å². The molecule has 1 aromatic carbocycles. The lowest BCUT2D eigenvalue weighted by molar-refractivity contribution is 0.710. The van der Waals surface area contributed by atoms with E-state index in [1.807, 2.05) is 18.3 Å². The van der Waals surface area contributed by atoms with Crippen LogP contribution in [0.25, 0.3) is 21.5 Å². The standard InChI is InChI=1S/C15H16N4S/c1-2-16-10-8-13-18-19-15(20-13)12-7-3-5-11-6-4-9-17-14(11)12/h3-7,9,16H,2,8,10H2,1H3. The molecule has 5 heteroatoms. The Morgan fingerprint density at radius 1 is 1.15 bits per heavy atom. The zero-order chi connectivity index (χ0) is 13.8. The molecular weight excluding hydrogens is 268 g/mol. The van der Waals surface area contributed by atoms with Gasteiger partial charge in [-0.1, -0.05) is 36.5 Å². The molecule has 0 aliphatic carbocycles. The summed E-state index contributed by atoms with van der Waals surface area (Å²) < 4.78 is 0. The van der Waals surface area contributed by atoms with Crippen LogP contribution in [0.15, 0.2) is 36.5 Å². The van der Waals surface area contributed by atoms with Gasteiger partial charge in [0.2, 0.25) is 0 Å². The summed E-state index contributed by atoms with van der Waals surface area (Å²) in [5.74, 6) is 0. The first-order valence-corrected chi connectivity index (χ1v) is 7.57. The number of hydrogen-bond acceptors (Lipinski definition) is 5. The van der Waals surface area contributed by atoms with Gasteiger partial charge in [0.15, 0.2) is 0 Å². The Morgan fingerprint density at radius 3 is 2.95 bits per heavy atom. The third-order valence-electron chi connectivity index (χ3n) is 3.10. The van der Waals surface area contributed by atoms with E-state index < -0.39 is 0 Å². The molecule has 0 aliphatic rings. The number of nitrogens with zero attached hydrogens (tertiary/aromatic N) is 3. The molecule has 3 rings (SSSR count). The van der Waals surface area contributed by atoms with Gasteiger partial charge in [-0.25, -0.2) is 0 Å². The SMILES string of the molecule is CCNCCc1nnc(-c2cccc3cccnc23)s1. The largest absolute Gasteiger partial charge is 0.317 e. The zero-order valence-corrected chi connectivity index (χ0v) is 12.2. The highest BCUT2D eigenvalue weighted by Crippen LogP contribution is 2.29. The van der Waals surface area contributed by atoms with Gasteiger partial charge in [0.05, 0.1) is 5.52 Å². The van der Waals surface area contributed by atoms with Gasteiger partial charge in [-0.05, 0) is 18.7 Å². The summed E-state index contributed by atoms with van der Waals surface area (Å²) in [7, 11) is 0. The average molecular weight is 284 g/mol. The average Bonchev–Trinajstić information content (AvgIpc) is 2.96. The molecule has 2 heterocycles. The van der Waals surface area contributed by atoms with Crippen LogP contribution >= 0.6 is 11.3 Å². The third kappa shape index (κ3) is 2.69. The van der Waals surface area contributed by atoms with E-state index in [2.05, 4.69) is 45.6 Å². The molecule has 0 fully saturated rings. The number of fused-ring (bicyclic) bond motifs is 1. The Hall–Kier alpha value is -1.85. The van der Waals surface area contributed by atoms with Crippen LogP contribution in [0.4, 0.5) is 0 Å². The minimum absolute atomic E-state index is 0.920. The van der Waals surface area contributed by atoms with Crippen molar-refractivity contribution in [3.05, 3.63) is 41.5 Å². The Morgan fingerprint density at radius 2 is 2.05 bits per heavy atom. The van der Waals surface area contributed by atoms with Gasteiger partial charge >= 0.3 is 0 Å². The Balaban J connectivity index is 1.91. The predicted octanol–water partition coefficient (Wildman–Crippen LogP) is 2.91. The van der Waals surface area contributed by atoms with Crippen LogP contribution in [-0.4, -0.2) is 28.3 Å². The number of nitrogens with one attached hydrogen (secondary N) is 1. The highest BCUT2D eigenvalue weighted by atomic mass is 32.1. The second-order valence-corrected chi connectivity index (χ2v) is 5.55. The first-order chi connectivity index (χ1) is 9.88. The van der Waals surface area contributed by atoms with Gasteiger partial charge in [0, 0.05) is 30.1 Å².